The van der Waals surface area contributed by atoms with E-state index in [-0.39, 0.29) is 41.0 Å². The Bertz CT molecular complexity index is 974. The second kappa shape index (κ2) is 9.76. The van der Waals surface area contributed by atoms with Crippen molar-refractivity contribution >= 4 is 27.5 Å². The van der Waals surface area contributed by atoms with Gasteiger partial charge in [0, 0.05) is 25.2 Å². The summed E-state index contributed by atoms with van der Waals surface area (Å²) in [4.78, 5) is 16.7. The van der Waals surface area contributed by atoms with Gasteiger partial charge in [0.25, 0.3) is 0 Å². The molecule has 1 fully saturated rings. The van der Waals surface area contributed by atoms with E-state index in [1.807, 2.05) is 31.2 Å². The summed E-state index contributed by atoms with van der Waals surface area (Å²) in [6.07, 6.45) is 3.12. The van der Waals surface area contributed by atoms with E-state index in [4.69, 9.17) is 16.3 Å². The molecule has 1 aliphatic rings. The lowest BCUT2D eigenvalue weighted by molar-refractivity contribution is -0.126. The van der Waals surface area contributed by atoms with Crippen LogP contribution >= 0.6 is 11.6 Å². The van der Waals surface area contributed by atoms with E-state index in [9.17, 15) is 13.2 Å². The highest BCUT2D eigenvalue weighted by Crippen LogP contribution is 2.28. The number of hydrogen-bond acceptors (Lipinski definition) is 5. The molecule has 30 heavy (non-hydrogen) atoms. The first-order valence-electron chi connectivity index (χ1n) is 9.91. The zero-order valence-corrected chi connectivity index (χ0v) is 18.6. The second-order valence-corrected chi connectivity index (χ2v) is 9.48. The van der Waals surface area contributed by atoms with Gasteiger partial charge in [0.15, 0.2) is 0 Å². The summed E-state index contributed by atoms with van der Waals surface area (Å²) >= 11 is 5.97. The van der Waals surface area contributed by atoms with Crippen LogP contribution in [0.2, 0.25) is 5.15 Å². The first kappa shape index (κ1) is 22.5. The molecule has 1 aromatic carbocycles. The van der Waals surface area contributed by atoms with E-state index in [0.717, 1.165) is 17.7 Å². The standard InChI is InChI=1S/C21H26ClN3O4S/c1-3-18(15-6-8-17(29-2)9-7-15)24-21(26)16-10-13-25(14-11-16)30(27,28)19-5-4-12-23-20(19)22/h4-9,12,16,18H,3,10-11,13-14H2,1-2H3,(H,24,26). The van der Waals surface area contributed by atoms with Crippen molar-refractivity contribution in [3.05, 3.63) is 53.3 Å². The lowest BCUT2D eigenvalue weighted by atomic mass is 9.95. The van der Waals surface area contributed by atoms with E-state index < -0.39 is 10.0 Å². The van der Waals surface area contributed by atoms with Crippen LogP contribution in [0.4, 0.5) is 0 Å². The lowest BCUT2D eigenvalue weighted by Crippen LogP contribution is -2.43. The molecular weight excluding hydrogens is 426 g/mol. The molecule has 0 spiro atoms. The molecule has 162 valence electrons. The summed E-state index contributed by atoms with van der Waals surface area (Å²) < 4.78 is 32.2. The van der Waals surface area contributed by atoms with Crippen LogP contribution in [0.15, 0.2) is 47.5 Å². The molecule has 1 atom stereocenters. The number of sulfonamides is 1. The van der Waals surface area contributed by atoms with Crippen molar-refractivity contribution in [2.45, 2.75) is 37.1 Å². The molecule has 1 N–H and O–H groups in total. The number of nitrogens with zero attached hydrogens (tertiary/aromatic N) is 2. The fourth-order valence-corrected chi connectivity index (χ4v) is 5.51. The highest BCUT2D eigenvalue weighted by atomic mass is 35.5. The van der Waals surface area contributed by atoms with E-state index >= 15 is 0 Å². The van der Waals surface area contributed by atoms with Gasteiger partial charge in [0.05, 0.1) is 13.2 Å². The minimum atomic E-state index is -3.72. The summed E-state index contributed by atoms with van der Waals surface area (Å²) in [5.74, 6) is 0.490. The van der Waals surface area contributed by atoms with Crippen LogP contribution < -0.4 is 10.1 Å². The van der Waals surface area contributed by atoms with Crippen molar-refractivity contribution in [1.82, 2.24) is 14.6 Å². The number of pyridine rings is 1. The van der Waals surface area contributed by atoms with Crippen LogP contribution in [0, 0.1) is 5.92 Å². The molecule has 9 heteroatoms. The van der Waals surface area contributed by atoms with Gasteiger partial charge in [-0.05, 0) is 49.1 Å². The third-order valence-corrected chi connectivity index (χ3v) is 7.75. The SMILES string of the molecule is CCC(NC(=O)C1CCN(S(=O)(=O)c2cccnc2Cl)CC1)c1ccc(OC)cc1. The molecule has 0 radical (unpaired) electrons. The highest BCUT2D eigenvalue weighted by molar-refractivity contribution is 7.89. The van der Waals surface area contributed by atoms with E-state index in [1.165, 1.54) is 16.6 Å². The van der Waals surface area contributed by atoms with Crippen molar-refractivity contribution < 1.29 is 17.9 Å². The quantitative estimate of drug-likeness (QED) is 0.651. The molecule has 0 bridgehead atoms. The third-order valence-electron chi connectivity index (χ3n) is 5.41. The molecule has 7 nitrogen and oxygen atoms in total. The van der Waals surface area contributed by atoms with Gasteiger partial charge in [-0.25, -0.2) is 13.4 Å². The zero-order valence-electron chi connectivity index (χ0n) is 17.0. The van der Waals surface area contributed by atoms with Crippen LogP contribution in [-0.2, 0) is 14.8 Å². The first-order valence-corrected chi connectivity index (χ1v) is 11.7. The Labute approximate surface area is 182 Å². The average molecular weight is 452 g/mol. The number of carbonyl (C=O) groups excluding carboxylic acids is 1. The monoisotopic (exact) mass is 451 g/mol. The molecule has 2 heterocycles. The lowest BCUT2D eigenvalue weighted by Gasteiger charge is -2.31. The Hall–Kier alpha value is -2.16. The average Bonchev–Trinajstić information content (AvgIpc) is 2.77. The Morgan fingerprint density at radius 2 is 1.93 bits per heavy atom. The van der Waals surface area contributed by atoms with Crippen LogP contribution in [-0.4, -0.2) is 43.8 Å². The van der Waals surface area contributed by atoms with Gasteiger partial charge >= 0.3 is 0 Å². The van der Waals surface area contributed by atoms with Crippen molar-refractivity contribution in [3.8, 4) is 5.75 Å². The van der Waals surface area contributed by atoms with E-state index in [1.54, 1.807) is 13.2 Å². The number of carbonyl (C=O) groups is 1. The first-order chi connectivity index (χ1) is 14.4. The number of halogens is 1. The maximum Gasteiger partial charge on any atom is 0.246 e. The Morgan fingerprint density at radius 3 is 2.50 bits per heavy atom. The Balaban J connectivity index is 1.61. The number of hydrogen-bond donors (Lipinski definition) is 1. The molecule has 0 saturated carbocycles. The summed E-state index contributed by atoms with van der Waals surface area (Å²) in [5.41, 5.74) is 1.01. The molecule has 3 rings (SSSR count). The molecule has 0 aliphatic carbocycles. The predicted molar refractivity (Wildman–Crippen MR) is 115 cm³/mol. The fraction of sp³-hybridized carbons (Fsp3) is 0.429. The van der Waals surface area contributed by atoms with Crippen LogP contribution in [0.5, 0.6) is 5.75 Å². The van der Waals surface area contributed by atoms with Crippen LogP contribution in [0.25, 0.3) is 0 Å². The highest BCUT2D eigenvalue weighted by Gasteiger charge is 2.33. The fourth-order valence-electron chi connectivity index (χ4n) is 3.61. The minimum Gasteiger partial charge on any atom is -0.497 e. The molecule has 1 aliphatic heterocycles. The van der Waals surface area contributed by atoms with Crippen LogP contribution in [0.3, 0.4) is 0 Å². The van der Waals surface area contributed by atoms with Crippen LogP contribution in [0.1, 0.15) is 37.8 Å². The normalized spacial score (nSPS) is 16.8. The van der Waals surface area contributed by atoms with Gasteiger partial charge < -0.3 is 10.1 Å². The number of rotatable bonds is 7. The number of ether oxygens (including phenoxy) is 1. The maximum atomic E-state index is 12.8. The molecular formula is C21H26ClN3O4S. The third kappa shape index (κ3) is 4.94. The number of piperidine rings is 1. The van der Waals surface area contributed by atoms with Gasteiger partial charge in [-0.3, -0.25) is 4.79 Å². The van der Waals surface area contributed by atoms with E-state index in [2.05, 4.69) is 10.3 Å². The van der Waals surface area contributed by atoms with Gasteiger partial charge in [-0.1, -0.05) is 30.7 Å². The van der Waals surface area contributed by atoms with Gasteiger partial charge in [0.2, 0.25) is 15.9 Å². The minimum absolute atomic E-state index is 0.000112. The largest absolute Gasteiger partial charge is 0.497 e. The van der Waals surface area contributed by atoms with Crippen molar-refractivity contribution in [1.29, 1.82) is 0 Å². The molecule has 1 unspecified atom stereocenters. The topological polar surface area (TPSA) is 88.6 Å². The van der Waals surface area contributed by atoms with Crippen molar-refractivity contribution in [2.24, 2.45) is 5.92 Å². The number of aromatic nitrogens is 1. The second-order valence-electron chi connectivity index (χ2n) is 7.21. The number of benzene rings is 1. The summed E-state index contributed by atoms with van der Waals surface area (Å²) in [6, 6.07) is 10.5. The smallest absolute Gasteiger partial charge is 0.246 e. The summed E-state index contributed by atoms with van der Waals surface area (Å²) in [5, 5.41) is 3.07. The zero-order chi connectivity index (χ0) is 21.7. The Kier molecular flexibility index (Phi) is 7.33. The summed E-state index contributed by atoms with van der Waals surface area (Å²) in [6.45, 7) is 2.55. The number of amides is 1. The molecule has 1 saturated heterocycles. The molecule has 1 aromatic heterocycles. The maximum absolute atomic E-state index is 12.8. The Morgan fingerprint density at radius 1 is 1.27 bits per heavy atom. The number of nitrogens with one attached hydrogen (secondary N) is 1. The van der Waals surface area contributed by atoms with Gasteiger partial charge in [-0.15, -0.1) is 0 Å². The number of methoxy groups -OCH3 is 1. The molecule has 2 aromatic rings. The van der Waals surface area contributed by atoms with Gasteiger partial charge in [-0.2, -0.15) is 4.31 Å². The predicted octanol–water partition coefficient (Wildman–Crippen LogP) is 3.41. The van der Waals surface area contributed by atoms with Gasteiger partial charge in [0.1, 0.15) is 15.8 Å². The van der Waals surface area contributed by atoms with Crippen molar-refractivity contribution in [3.63, 3.8) is 0 Å². The van der Waals surface area contributed by atoms with E-state index in [0.29, 0.717) is 12.8 Å². The molecule has 1 amide bonds. The van der Waals surface area contributed by atoms with Crippen molar-refractivity contribution in [2.75, 3.05) is 20.2 Å². The summed E-state index contributed by atoms with van der Waals surface area (Å²) in [7, 11) is -2.11.